The average Bonchev–Trinajstić information content (AvgIpc) is 2.33. The topological polar surface area (TPSA) is 52.6 Å². The van der Waals surface area contributed by atoms with Crippen LogP contribution in [-0.2, 0) is 19.1 Å². The summed E-state index contributed by atoms with van der Waals surface area (Å²) in [4.78, 5) is 23.4. The molecule has 0 aliphatic heterocycles. The Balaban J connectivity index is 4.26. The number of Topliss-reactive ketones (excluding diaryl/α,β-unsaturated/α-hetero) is 1. The number of ether oxygens (including phenoxy) is 2. The van der Waals surface area contributed by atoms with Crippen LogP contribution in [0, 0.1) is 0 Å². The van der Waals surface area contributed by atoms with Crippen molar-refractivity contribution in [2.75, 3.05) is 6.61 Å². The number of ketones is 1. The third kappa shape index (κ3) is 7.23. The maximum atomic E-state index is 11.9. The smallest absolute Gasteiger partial charge is 0.333 e. The summed E-state index contributed by atoms with van der Waals surface area (Å²) < 4.78 is 11.0. The van der Waals surface area contributed by atoms with Gasteiger partial charge in [0, 0.05) is 12.2 Å². The van der Waals surface area contributed by atoms with Crippen LogP contribution in [0.1, 0.15) is 54.4 Å². The Morgan fingerprint density at radius 1 is 1.00 bits per heavy atom. The molecule has 0 heterocycles. The highest BCUT2D eigenvalue weighted by atomic mass is 16.6. The van der Waals surface area contributed by atoms with E-state index in [0.717, 1.165) is 0 Å². The van der Waals surface area contributed by atoms with Crippen LogP contribution in [0.2, 0.25) is 0 Å². The fourth-order valence-corrected chi connectivity index (χ4v) is 1.79. The lowest BCUT2D eigenvalue weighted by molar-refractivity contribution is -0.152. The second-order valence-corrected chi connectivity index (χ2v) is 6.50. The molecular weight excluding hydrogens is 268 g/mol. The van der Waals surface area contributed by atoms with Crippen LogP contribution in [0.3, 0.4) is 0 Å². The summed E-state index contributed by atoms with van der Waals surface area (Å²) in [6.07, 6.45) is 1.33. The molecule has 0 amide bonds. The van der Waals surface area contributed by atoms with Crippen molar-refractivity contribution < 1.29 is 19.1 Å². The number of rotatable bonds is 9. The lowest BCUT2D eigenvalue weighted by Gasteiger charge is -2.27. The molecular formula is C17H28O4. The van der Waals surface area contributed by atoms with Gasteiger partial charge >= 0.3 is 5.97 Å². The Morgan fingerprint density at radius 2 is 1.52 bits per heavy atom. The molecule has 0 aliphatic carbocycles. The fraction of sp³-hybridized carbons (Fsp3) is 0.647. The zero-order valence-corrected chi connectivity index (χ0v) is 14.2. The zero-order valence-electron chi connectivity index (χ0n) is 14.2. The second kappa shape index (κ2) is 7.55. The molecule has 0 aromatic heterocycles. The normalized spacial score (nSPS) is 11.9. The van der Waals surface area contributed by atoms with E-state index in [9.17, 15) is 9.59 Å². The van der Waals surface area contributed by atoms with Gasteiger partial charge in [-0.1, -0.05) is 13.2 Å². The number of hydrogen-bond acceptors (Lipinski definition) is 4. The predicted octanol–water partition coefficient (Wildman–Crippen LogP) is 3.60. The minimum absolute atomic E-state index is 0.101. The van der Waals surface area contributed by atoms with Crippen LogP contribution in [0.5, 0.6) is 0 Å². The van der Waals surface area contributed by atoms with E-state index in [1.807, 2.05) is 13.8 Å². The molecule has 0 saturated heterocycles. The van der Waals surface area contributed by atoms with E-state index >= 15 is 0 Å². The standard InChI is InChI=1S/C17H28O4/c1-12(2)14(18)17(7,8)20-11-9-10-16(5,6)21-15(19)13(3)4/h1,3,9-11H2,2,4-8H3. The Bertz CT molecular complexity index is 430. The highest BCUT2D eigenvalue weighted by molar-refractivity contribution is 6.00. The van der Waals surface area contributed by atoms with Crippen LogP contribution in [0.25, 0.3) is 0 Å². The molecule has 4 heteroatoms. The van der Waals surface area contributed by atoms with Crippen molar-refractivity contribution in [1.29, 1.82) is 0 Å². The summed E-state index contributed by atoms with van der Waals surface area (Å²) in [6.45, 7) is 18.1. The van der Waals surface area contributed by atoms with Crippen molar-refractivity contribution in [2.45, 2.75) is 65.6 Å². The molecule has 0 unspecified atom stereocenters. The molecule has 0 spiro atoms. The van der Waals surface area contributed by atoms with Gasteiger partial charge in [-0.15, -0.1) is 0 Å². The minimum atomic E-state index is -0.871. The summed E-state index contributed by atoms with van der Waals surface area (Å²) in [6, 6.07) is 0. The van der Waals surface area contributed by atoms with Gasteiger partial charge in [-0.05, 0) is 60.0 Å². The van der Waals surface area contributed by atoms with Crippen LogP contribution in [0.4, 0.5) is 0 Å². The lowest BCUT2D eigenvalue weighted by Crippen LogP contribution is -2.36. The molecule has 0 bridgehead atoms. The number of hydrogen-bond donors (Lipinski definition) is 0. The van der Waals surface area contributed by atoms with Crippen molar-refractivity contribution >= 4 is 11.8 Å². The lowest BCUT2D eigenvalue weighted by atomic mass is 9.98. The van der Waals surface area contributed by atoms with Gasteiger partial charge in [-0.2, -0.15) is 0 Å². The first-order valence-corrected chi connectivity index (χ1v) is 7.12. The molecule has 0 aromatic rings. The second-order valence-electron chi connectivity index (χ2n) is 6.50. The van der Waals surface area contributed by atoms with Crippen LogP contribution >= 0.6 is 0 Å². The maximum Gasteiger partial charge on any atom is 0.333 e. The Kier molecular flexibility index (Phi) is 7.04. The monoisotopic (exact) mass is 296 g/mol. The number of carbonyl (C=O) groups excluding carboxylic acids is 2. The van der Waals surface area contributed by atoms with Crippen molar-refractivity contribution in [3.8, 4) is 0 Å². The molecule has 0 N–H and O–H groups in total. The number of esters is 1. The van der Waals surface area contributed by atoms with Crippen molar-refractivity contribution in [2.24, 2.45) is 0 Å². The van der Waals surface area contributed by atoms with Crippen LogP contribution in [-0.4, -0.2) is 29.6 Å². The molecule has 0 atom stereocenters. The van der Waals surface area contributed by atoms with E-state index in [1.54, 1.807) is 27.7 Å². The van der Waals surface area contributed by atoms with E-state index in [4.69, 9.17) is 9.47 Å². The van der Waals surface area contributed by atoms with Gasteiger partial charge in [-0.25, -0.2) is 4.79 Å². The minimum Gasteiger partial charge on any atom is -0.456 e. The Hall–Kier alpha value is -1.42. The molecule has 4 nitrogen and oxygen atoms in total. The van der Waals surface area contributed by atoms with Crippen molar-refractivity contribution in [1.82, 2.24) is 0 Å². The quantitative estimate of drug-likeness (QED) is 0.370. The summed E-state index contributed by atoms with van der Waals surface area (Å²) in [7, 11) is 0. The molecule has 0 aliphatic rings. The van der Waals surface area contributed by atoms with Gasteiger partial charge in [0.15, 0.2) is 5.78 Å². The number of carbonyl (C=O) groups is 2. The third-order valence-electron chi connectivity index (χ3n) is 3.04. The molecule has 120 valence electrons. The van der Waals surface area contributed by atoms with Gasteiger partial charge in [0.25, 0.3) is 0 Å². The highest BCUT2D eigenvalue weighted by Gasteiger charge is 2.29. The first kappa shape index (κ1) is 19.6. The van der Waals surface area contributed by atoms with Gasteiger partial charge in [0.05, 0.1) is 0 Å². The van der Waals surface area contributed by atoms with Crippen molar-refractivity contribution in [3.63, 3.8) is 0 Å². The predicted molar refractivity (Wildman–Crippen MR) is 84.1 cm³/mol. The fourth-order valence-electron chi connectivity index (χ4n) is 1.79. The summed E-state index contributed by atoms with van der Waals surface area (Å²) in [5.41, 5.74) is -0.588. The Labute approximate surface area is 128 Å². The average molecular weight is 296 g/mol. The van der Waals surface area contributed by atoms with E-state index in [2.05, 4.69) is 13.2 Å². The van der Waals surface area contributed by atoms with E-state index < -0.39 is 17.2 Å². The van der Waals surface area contributed by atoms with E-state index in [0.29, 0.717) is 30.6 Å². The maximum absolute atomic E-state index is 11.9. The molecule has 0 radical (unpaired) electrons. The first-order valence-electron chi connectivity index (χ1n) is 7.12. The molecule has 21 heavy (non-hydrogen) atoms. The summed E-state index contributed by atoms with van der Waals surface area (Å²) in [5.74, 6) is -0.492. The van der Waals surface area contributed by atoms with Gasteiger partial charge < -0.3 is 9.47 Å². The van der Waals surface area contributed by atoms with Gasteiger partial charge in [-0.3, -0.25) is 4.79 Å². The largest absolute Gasteiger partial charge is 0.456 e. The zero-order chi connectivity index (χ0) is 16.8. The van der Waals surface area contributed by atoms with Gasteiger partial charge in [0.1, 0.15) is 11.2 Å². The third-order valence-corrected chi connectivity index (χ3v) is 3.04. The highest BCUT2D eigenvalue weighted by Crippen LogP contribution is 2.20. The molecule has 0 saturated carbocycles. The summed E-state index contributed by atoms with van der Waals surface area (Å²) >= 11 is 0. The van der Waals surface area contributed by atoms with Crippen LogP contribution in [0.15, 0.2) is 24.3 Å². The summed E-state index contributed by atoms with van der Waals surface area (Å²) in [5, 5.41) is 0. The SMILES string of the molecule is C=C(C)C(=O)OC(C)(C)CCCOC(C)(C)C(=O)C(=C)C. The molecule has 0 rings (SSSR count). The Morgan fingerprint density at radius 3 is 1.95 bits per heavy atom. The molecule has 0 aromatic carbocycles. The van der Waals surface area contributed by atoms with Crippen LogP contribution < -0.4 is 0 Å². The van der Waals surface area contributed by atoms with E-state index in [-0.39, 0.29) is 5.78 Å². The molecule has 0 fully saturated rings. The van der Waals surface area contributed by atoms with Crippen molar-refractivity contribution in [3.05, 3.63) is 24.3 Å². The van der Waals surface area contributed by atoms with Gasteiger partial charge in [0.2, 0.25) is 0 Å². The first-order chi connectivity index (χ1) is 9.39. The van der Waals surface area contributed by atoms with E-state index in [1.165, 1.54) is 0 Å².